The molecule has 6 atom stereocenters. The molecule has 0 bridgehead atoms. The number of hydrogen-bond donors (Lipinski definition) is 4. The van der Waals surface area contributed by atoms with Crippen LogP contribution in [-0.4, -0.2) is 77.4 Å². The smallest absolute Gasteiger partial charge is 0.308 e. The number of ether oxygens (including phenoxy) is 4. The summed E-state index contributed by atoms with van der Waals surface area (Å²) in [6.45, 7) is 3.57. The van der Waals surface area contributed by atoms with Crippen molar-refractivity contribution in [2.24, 2.45) is 5.73 Å². The largest absolute Gasteiger partial charge is 0.459 e. The third kappa shape index (κ3) is 28.6. The van der Waals surface area contributed by atoms with E-state index in [4.69, 9.17) is 24.7 Å². The van der Waals surface area contributed by atoms with E-state index in [1.54, 1.807) is 0 Å². The summed E-state index contributed by atoms with van der Waals surface area (Å²) < 4.78 is 22.3. The first-order valence-corrected chi connectivity index (χ1v) is 23.0. The molecule has 56 heavy (non-hydrogen) atoms. The van der Waals surface area contributed by atoms with E-state index >= 15 is 0 Å². The molecule has 0 aliphatic carbocycles. The lowest BCUT2D eigenvalue weighted by Gasteiger charge is -2.41. The first-order chi connectivity index (χ1) is 27.3. The van der Waals surface area contributed by atoms with Crippen LogP contribution >= 0.6 is 0 Å². The van der Waals surface area contributed by atoms with E-state index < -0.39 is 55.5 Å². The zero-order valence-corrected chi connectivity index (χ0v) is 35.8. The van der Waals surface area contributed by atoms with Gasteiger partial charge in [0, 0.05) is 12.8 Å². The summed E-state index contributed by atoms with van der Waals surface area (Å²) in [6, 6.07) is -1.18. The summed E-state index contributed by atoms with van der Waals surface area (Å²) in [5, 5.41) is 30.1. The van der Waals surface area contributed by atoms with Crippen molar-refractivity contribution >= 4 is 11.9 Å². The fraction of sp³-hybridized carbons (Fsp3) is 0.870. The molecule has 1 saturated heterocycles. The highest BCUT2D eigenvalue weighted by Gasteiger charge is 2.44. The molecule has 0 aromatic heterocycles. The number of allylic oxidation sites excluding steroid dienone is 4. The summed E-state index contributed by atoms with van der Waals surface area (Å²) >= 11 is 0. The quantitative estimate of drug-likeness (QED) is 0.0205. The summed E-state index contributed by atoms with van der Waals surface area (Å²) in [6.07, 6.45) is 36.0. The Balaban J connectivity index is 2.32. The molecule has 0 radical (unpaired) electrons. The van der Waals surface area contributed by atoms with Gasteiger partial charge in [0.25, 0.3) is 0 Å². The maximum atomic E-state index is 12.8. The number of unbranched alkanes of at least 4 members (excludes halogenated alkanes) is 24. The molecule has 10 heteroatoms. The topological polar surface area (TPSA) is 158 Å². The van der Waals surface area contributed by atoms with Gasteiger partial charge in [0.15, 0.2) is 12.9 Å². The minimum atomic E-state index is -1.43. The van der Waals surface area contributed by atoms with Crippen LogP contribution in [0.2, 0.25) is 0 Å². The van der Waals surface area contributed by atoms with Gasteiger partial charge in [0.1, 0.15) is 18.3 Å². The molecule has 1 fully saturated rings. The molecule has 0 spiro atoms. The molecule has 1 aliphatic rings. The van der Waals surface area contributed by atoms with E-state index in [0.29, 0.717) is 12.8 Å². The molecule has 4 unspecified atom stereocenters. The van der Waals surface area contributed by atoms with Gasteiger partial charge < -0.3 is 40.0 Å². The highest BCUT2D eigenvalue weighted by Crippen LogP contribution is 2.23. The minimum Gasteiger partial charge on any atom is -0.459 e. The number of carbonyl (C=O) groups excluding carboxylic acids is 2. The first kappa shape index (κ1) is 52.2. The van der Waals surface area contributed by atoms with E-state index in [2.05, 4.69) is 38.2 Å². The maximum absolute atomic E-state index is 12.8. The average Bonchev–Trinajstić information content (AvgIpc) is 3.19. The van der Waals surface area contributed by atoms with Crippen LogP contribution in [0.25, 0.3) is 0 Å². The molecule has 328 valence electrons. The second-order valence-electron chi connectivity index (χ2n) is 15.9. The van der Waals surface area contributed by atoms with Crippen LogP contribution in [0, 0.1) is 0 Å². The molecule has 10 nitrogen and oxygen atoms in total. The zero-order chi connectivity index (χ0) is 40.9. The van der Waals surface area contributed by atoms with Crippen molar-refractivity contribution in [1.82, 2.24) is 0 Å². The van der Waals surface area contributed by atoms with Crippen LogP contribution in [0.1, 0.15) is 206 Å². The van der Waals surface area contributed by atoms with Crippen molar-refractivity contribution in [3.05, 3.63) is 24.3 Å². The van der Waals surface area contributed by atoms with E-state index in [0.717, 1.165) is 51.4 Å². The van der Waals surface area contributed by atoms with Crippen molar-refractivity contribution < 1.29 is 43.9 Å². The number of carbonyl (C=O) groups is 2. The monoisotopic (exact) mass is 796 g/mol. The van der Waals surface area contributed by atoms with Crippen molar-refractivity contribution in [1.29, 1.82) is 0 Å². The normalized spacial score (nSPS) is 20.6. The van der Waals surface area contributed by atoms with Gasteiger partial charge in [-0.25, -0.2) is 0 Å². The molecule has 0 saturated carbocycles. The third-order valence-electron chi connectivity index (χ3n) is 10.6. The van der Waals surface area contributed by atoms with Gasteiger partial charge in [0.2, 0.25) is 6.29 Å². The fourth-order valence-corrected chi connectivity index (χ4v) is 6.95. The zero-order valence-electron chi connectivity index (χ0n) is 35.8. The number of hydrogen-bond acceptors (Lipinski definition) is 10. The van der Waals surface area contributed by atoms with Gasteiger partial charge in [-0.3, -0.25) is 9.59 Å². The van der Waals surface area contributed by atoms with Gasteiger partial charge in [-0.15, -0.1) is 0 Å². The van der Waals surface area contributed by atoms with Crippen LogP contribution in [0.4, 0.5) is 0 Å². The number of esters is 2. The van der Waals surface area contributed by atoms with Gasteiger partial charge >= 0.3 is 11.9 Å². The Morgan fingerprint density at radius 1 is 0.589 bits per heavy atom. The second kappa shape index (κ2) is 37.5. The summed E-state index contributed by atoms with van der Waals surface area (Å²) in [7, 11) is 0. The molecule has 1 aliphatic heterocycles. The third-order valence-corrected chi connectivity index (χ3v) is 10.6. The van der Waals surface area contributed by atoms with E-state index in [9.17, 15) is 24.9 Å². The molecule has 1 rings (SSSR count). The molecule has 5 N–H and O–H groups in total. The number of rotatable bonds is 38. The highest BCUT2D eigenvalue weighted by molar-refractivity contribution is 5.70. The summed E-state index contributed by atoms with van der Waals surface area (Å²) in [5.74, 6) is -0.922. The van der Waals surface area contributed by atoms with E-state index in [-0.39, 0.29) is 19.4 Å². The van der Waals surface area contributed by atoms with Gasteiger partial charge in [-0.2, -0.15) is 0 Å². The number of aliphatic hydroxyl groups excluding tert-OH is 3. The second-order valence-corrected chi connectivity index (χ2v) is 15.9. The van der Waals surface area contributed by atoms with Crippen molar-refractivity contribution in [2.75, 3.05) is 13.2 Å². The minimum absolute atomic E-state index is 0.183. The van der Waals surface area contributed by atoms with Crippen molar-refractivity contribution in [3.63, 3.8) is 0 Å². The molecular formula is C46H85NO9. The molecule has 0 amide bonds. The molecule has 0 aromatic rings. The fourth-order valence-electron chi connectivity index (χ4n) is 6.95. The number of aliphatic hydroxyl groups is 3. The summed E-state index contributed by atoms with van der Waals surface area (Å²) in [4.78, 5) is 25.4. The lowest BCUT2D eigenvalue weighted by Crippen LogP contribution is -2.63. The summed E-state index contributed by atoms with van der Waals surface area (Å²) in [5.41, 5.74) is 6.04. The van der Waals surface area contributed by atoms with Crippen LogP contribution < -0.4 is 5.73 Å². The Kier molecular flexibility index (Phi) is 34.9. The Bertz CT molecular complexity index is 974. The highest BCUT2D eigenvalue weighted by atomic mass is 16.8. The Labute approximate surface area is 341 Å². The Hall–Kier alpha value is -1.82. The van der Waals surface area contributed by atoms with E-state index in [1.165, 1.54) is 116 Å². The van der Waals surface area contributed by atoms with Crippen LogP contribution in [0.15, 0.2) is 24.3 Å². The van der Waals surface area contributed by atoms with E-state index in [1.807, 2.05) is 0 Å². The average molecular weight is 796 g/mol. The number of nitrogens with two attached hydrogens (primary N) is 1. The van der Waals surface area contributed by atoms with Crippen LogP contribution in [0.5, 0.6) is 0 Å². The maximum Gasteiger partial charge on any atom is 0.308 e. The standard InChI is InChI=1S/C46H85NO9/c1-3-5-7-9-11-13-15-17-19-21-23-25-27-29-31-33-35-40(49)53-38-42(56-46-43(47)45(52)44(51)39(37-48)54-46)55-41(50)36-34-32-30-28-26-24-22-20-18-16-14-12-10-8-6-4-2/h17-20,39,42-46,48,51-52H,3-16,21-38,47H2,1-2H3/b19-17-,20-18-/t39?,42?,43?,44-,45?,46-/m0/s1. The molecular weight excluding hydrogens is 711 g/mol. The molecule has 1 heterocycles. The Morgan fingerprint density at radius 2 is 0.982 bits per heavy atom. The van der Waals surface area contributed by atoms with Crippen molar-refractivity contribution in [3.8, 4) is 0 Å². The predicted molar refractivity (Wildman–Crippen MR) is 226 cm³/mol. The van der Waals surface area contributed by atoms with Gasteiger partial charge in [-0.05, 0) is 64.2 Å². The van der Waals surface area contributed by atoms with Crippen LogP contribution in [-0.2, 0) is 28.5 Å². The Morgan fingerprint density at radius 3 is 1.41 bits per heavy atom. The predicted octanol–water partition coefficient (Wildman–Crippen LogP) is 10.0. The lowest BCUT2D eigenvalue weighted by atomic mass is 9.98. The SMILES string of the molecule is CCCCCCCC/C=C\CCCCCCCCC(=O)OCC(OC(=O)CCCCCCCC/C=C\CCCCCCCC)O[C@@H]1OC(CO)[C@H](O)C(O)C1N. The van der Waals surface area contributed by atoms with Crippen LogP contribution in [0.3, 0.4) is 0 Å². The van der Waals surface area contributed by atoms with Gasteiger partial charge in [0.05, 0.1) is 12.6 Å². The van der Waals surface area contributed by atoms with Gasteiger partial charge in [-0.1, -0.05) is 154 Å². The van der Waals surface area contributed by atoms with Crippen molar-refractivity contribution in [2.45, 2.75) is 243 Å². The lowest BCUT2D eigenvalue weighted by molar-refractivity contribution is -0.309. The first-order valence-electron chi connectivity index (χ1n) is 23.0. The molecule has 0 aromatic carbocycles.